The molecule has 0 spiro atoms. The molecule has 2 heterocycles. The maximum atomic E-state index is 4.51. The van der Waals surface area contributed by atoms with Crippen LogP contribution in [0.3, 0.4) is 0 Å². The number of H-pyrrole nitrogens is 1. The molecule has 0 bridgehead atoms. The van der Waals surface area contributed by atoms with Crippen LogP contribution in [0.2, 0.25) is 0 Å². The zero-order chi connectivity index (χ0) is 10.3. The Balaban J connectivity index is 2.24. The second-order valence-corrected chi connectivity index (χ2v) is 4.08. The highest BCUT2D eigenvalue weighted by atomic mass is 32.1. The van der Waals surface area contributed by atoms with Gasteiger partial charge in [-0.3, -0.25) is 0 Å². The lowest BCUT2D eigenvalue weighted by atomic mass is 10.3. The fraction of sp³-hybridized carbons (Fsp3) is 0.300. The van der Waals surface area contributed by atoms with Crippen LogP contribution in [0.15, 0.2) is 12.1 Å². The van der Waals surface area contributed by atoms with Gasteiger partial charge in [-0.1, -0.05) is 6.92 Å². The van der Waals surface area contributed by atoms with Crippen LogP contribution in [0.25, 0.3) is 22.1 Å². The SMILES string of the molecule is CCCc1nc2cc3nsnc3cc2[nH]1. The number of fused-ring (bicyclic) bond motifs is 2. The largest absolute Gasteiger partial charge is 0.342 e. The molecule has 0 atom stereocenters. The molecule has 0 saturated heterocycles. The van der Waals surface area contributed by atoms with Crippen molar-refractivity contribution in [2.75, 3.05) is 0 Å². The fourth-order valence-corrected chi connectivity index (χ4v) is 2.21. The van der Waals surface area contributed by atoms with Gasteiger partial charge in [-0.25, -0.2) is 4.98 Å². The summed E-state index contributed by atoms with van der Waals surface area (Å²) in [6, 6.07) is 4.00. The van der Waals surface area contributed by atoms with E-state index in [1.54, 1.807) is 0 Å². The monoisotopic (exact) mass is 218 g/mol. The minimum atomic E-state index is 0.932. The third-order valence-corrected chi connectivity index (χ3v) is 2.95. The van der Waals surface area contributed by atoms with Gasteiger partial charge in [-0.05, 0) is 18.6 Å². The first-order valence-corrected chi connectivity index (χ1v) is 5.71. The Kier molecular flexibility index (Phi) is 1.92. The summed E-state index contributed by atoms with van der Waals surface area (Å²) >= 11 is 1.24. The minimum absolute atomic E-state index is 0.932. The number of aromatic amines is 1. The third-order valence-electron chi connectivity index (χ3n) is 2.39. The maximum Gasteiger partial charge on any atom is 0.107 e. The molecule has 0 saturated carbocycles. The van der Waals surface area contributed by atoms with Crippen LogP contribution >= 0.6 is 11.7 Å². The van der Waals surface area contributed by atoms with Crippen LogP contribution in [-0.2, 0) is 6.42 Å². The van der Waals surface area contributed by atoms with Crippen molar-refractivity contribution in [2.24, 2.45) is 0 Å². The molecule has 3 aromatic rings. The lowest BCUT2D eigenvalue weighted by Crippen LogP contribution is -1.83. The Morgan fingerprint density at radius 2 is 2.00 bits per heavy atom. The van der Waals surface area contributed by atoms with Gasteiger partial charge in [0.05, 0.1) is 22.8 Å². The summed E-state index contributed by atoms with van der Waals surface area (Å²) in [6.45, 7) is 2.15. The first kappa shape index (κ1) is 8.79. The fourth-order valence-electron chi connectivity index (χ4n) is 1.70. The molecular weight excluding hydrogens is 208 g/mol. The van der Waals surface area contributed by atoms with Crippen LogP contribution < -0.4 is 0 Å². The summed E-state index contributed by atoms with van der Waals surface area (Å²) < 4.78 is 8.41. The van der Waals surface area contributed by atoms with Gasteiger partial charge >= 0.3 is 0 Å². The average molecular weight is 218 g/mol. The predicted molar refractivity (Wildman–Crippen MR) is 61.1 cm³/mol. The van der Waals surface area contributed by atoms with E-state index in [-0.39, 0.29) is 0 Å². The van der Waals surface area contributed by atoms with Gasteiger partial charge in [-0.15, -0.1) is 0 Å². The molecule has 0 unspecified atom stereocenters. The van der Waals surface area contributed by atoms with Crippen LogP contribution in [0.1, 0.15) is 19.2 Å². The Hall–Kier alpha value is -1.49. The normalized spacial score (nSPS) is 11.5. The van der Waals surface area contributed by atoms with E-state index in [2.05, 4.69) is 25.6 Å². The van der Waals surface area contributed by atoms with E-state index >= 15 is 0 Å². The summed E-state index contributed by atoms with van der Waals surface area (Å²) in [7, 11) is 0. The molecule has 1 aromatic carbocycles. The molecule has 0 amide bonds. The van der Waals surface area contributed by atoms with Crippen LogP contribution in [-0.4, -0.2) is 18.7 Å². The third kappa shape index (κ3) is 1.39. The van der Waals surface area contributed by atoms with Crippen molar-refractivity contribution in [3.8, 4) is 0 Å². The summed E-state index contributed by atoms with van der Waals surface area (Å²) in [5, 5.41) is 0. The molecule has 4 nitrogen and oxygen atoms in total. The van der Waals surface area contributed by atoms with Crippen molar-refractivity contribution >= 4 is 33.8 Å². The summed E-state index contributed by atoms with van der Waals surface area (Å²) in [5.41, 5.74) is 3.92. The van der Waals surface area contributed by atoms with E-state index in [0.29, 0.717) is 0 Å². The number of aryl methyl sites for hydroxylation is 1. The van der Waals surface area contributed by atoms with Gasteiger partial charge in [0.2, 0.25) is 0 Å². The summed E-state index contributed by atoms with van der Waals surface area (Å²) in [5.74, 6) is 1.05. The van der Waals surface area contributed by atoms with Gasteiger partial charge in [0.1, 0.15) is 16.9 Å². The van der Waals surface area contributed by atoms with Crippen molar-refractivity contribution in [3.63, 3.8) is 0 Å². The molecule has 0 radical (unpaired) electrons. The quantitative estimate of drug-likeness (QED) is 0.719. The topological polar surface area (TPSA) is 54.5 Å². The molecule has 2 aromatic heterocycles. The van der Waals surface area contributed by atoms with Gasteiger partial charge in [0.15, 0.2) is 0 Å². The Bertz CT molecular complexity index is 562. The summed E-state index contributed by atoms with van der Waals surface area (Å²) in [6.07, 6.45) is 2.09. The zero-order valence-corrected chi connectivity index (χ0v) is 9.14. The predicted octanol–water partition coefficient (Wildman–Crippen LogP) is 2.52. The Morgan fingerprint density at radius 3 is 2.80 bits per heavy atom. The number of benzene rings is 1. The van der Waals surface area contributed by atoms with Crippen LogP contribution in [0, 0.1) is 0 Å². The van der Waals surface area contributed by atoms with Crippen LogP contribution in [0.5, 0.6) is 0 Å². The molecule has 1 N–H and O–H groups in total. The van der Waals surface area contributed by atoms with E-state index in [0.717, 1.165) is 40.7 Å². The number of aromatic nitrogens is 4. The molecule has 15 heavy (non-hydrogen) atoms. The molecule has 0 aliphatic heterocycles. The lowest BCUT2D eigenvalue weighted by Gasteiger charge is -1.87. The van der Waals surface area contributed by atoms with Crippen molar-refractivity contribution in [1.82, 2.24) is 18.7 Å². The van der Waals surface area contributed by atoms with E-state index in [1.807, 2.05) is 12.1 Å². The first-order valence-electron chi connectivity index (χ1n) is 4.97. The maximum absolute atomic E-state index is 4.51. The molecule has 5 heteroatoms. The smallest absolute Gasteiger partial charge is 0.107 e. The second kappa shape index (κ2) is 3.27. The van der Waals surface area contributed by atoms with Crippen molar-refractivity contribution in [1.29, 1.82) is 0 Å². The highest BCUT2D eigenvalue weighted by Crippen LogP contribution is 2.19. The van der Waals surface area contributed by atoms with Crippen molar-refractivity contribution < 1.29 is 0 Å². The number of nitrogens with zero attached hydrogens (tertiary/aromatic N) is 3. The molecular formula is C10H10N4S. The molecule has 0 aliphatic carbocycles. The number of hydrogen-bond acceptors (Lipinski definition) is 4. The first-order chi connectivity index (χ1) is 7.36. The Morgan fingerprint density at radius 1 is 1.20 bits per heavy atom. The van der Waals surface area contributed by atoms with Gasteiger partial charge in [0.25, 0.3) is 0 Å². The summed E-state index contributed by atoms with van der Waals surface area (Å²) in [4.78, 5) is 7.82. The highest BCUT2D eigenvalue weighted by Gasteiger charge is 2.05. The zero-order valence-electron chi connectivity index (χ0n) is 8.32. The minimum Gasteiger partial charge on any atom is -0.342 e. The standard InChI is InChI=1S/C10H10N4S/c1-2-3-10-11-6-4-8-9(14-15-13-8)5-7(6)12-10/h4-5H,2-3H2,1H3,(H,11,12). The number of nitrogens with one attached hydrogen (secondary N) is 1. The van der Waals surface area contributed by atoms with E-state index in [9.17, 15) is 0 Å². The molecule has 0 aliphatic rings. The van der Waals surface area contributed by atoms with Crippen molar-refractivity contribution in [2.45, 2.75) is 19.8 Å². The highest BCUT2D eigenvalue weighted by molar-refractivity contribution is 7.00. The molecule has 0 fully saturated rings. The van der Waals surface area contributed by atoms with E-state index < -0.39 is 0 Å². The van der Waals surface area contributed by atoms with E-state index in [1.165, 1.54) is 11.7 Å². The number of rotatable bonds is 2. The Labute approximate surface area is 90.7 Å². The molecule has 3 rings (SSSR count). The van der Waals surface area contributed by atoms with Gasteiger partial charge in [-0.2, -0.15) is 8.75 Å². The lowest BCUT2D eigenvalue weighted by molar-refractivity contribution is 0.861. The molecule has 76 valence electrons. The number of hydrogen-bond donors (Lipinski definition) is 1. The number of imidazole rings is 1. The van der Waals surface area contributed by atoms with Crippen molar-refractivity contribution in [3.05, 3.63) is 18.0 Å². The van der Waals surface area contributed by atoms with Gasteiger partial charge in [0, 0.05) is 6.42 Å². The average Bonchev–Trinajstić information content (AvgIpc) is 2.78. The van der Waals surface area contributed by atoms with Crippen LogP contribution in [0.4, 0.5) is 0 Å². The van der Waals surface area contributed by atoms with Gasteiger partial charge < -0.3 is 4.98 Å². The van der Waals surface area contributed by atoms with E-state index in [4.69, 9.17) is 0 Å². The second-order valence-electron chi connectivity index (χ2n) is 3.56.